The minimum absolute atomic E-state index is 0.234. The van der Waals surface area contributed by atoms with Gasteiger partial charge in [-0.15, -0.1) is 21.5 Å². The minimum atomic E-state index is -0.234. The number of nitrogens with one attached hydrogen (secondary N) is 1. The van der Waals surface area contributed by atoms with Crippen LogP contribution < -0.4 is 10.1 Å². The van der Waals surface area contributed by atoms with Crippen LogP contribution >= 0.6 is 22.9 Å². The number of benzene rings is 2. The summed E-state index contributed by atoms with van der Waals surface area (Å²) in [7, 11) is 1.92. The molecule has 0 radical (unpaired) electrons. The lowest BCUT2D eigenvalue weighted by Gasteiger charge is -2.02. The zero-order valence-corrected chi connectivity index (χ0v) is 14.8. The van der Waals surface area contributed by atoms with Gasteiger partial charge in [0.1, 0.15) is 0 Å². The summed E-state index contributed by atoms with van der Waals surface area (Å²) >= 11 is 7.41. The van der Waals surface area contributed by atoms with E-state index in [0.29, 0.717) is 15.5 Å². The fraction of sp³-hybridized carbons (Fsp3) is 0.0556. The Morgan fingerprint density at radius 2 is 1.84 bits per heavy atom. The maximum atomic E-state index is 12.1. The summed E-state index contributed by atoms with van der Waals surface area (Å²) in [4.78, 5) is 12.8. The third-order valence-electron chi connectivity index (χ3n) is 3.95. The van der Waals surface area contributed by atoms with Gasteiger partial charge in [-0.25, -0.2) is 0 Å². The SMILES string of the molecule is Cn1c(-c2ccc(Cl)cc2)cs/c1=N\N=C1\C(=O)Nc2ccccc21. The third kappa shape index (κ3) is 2.90. The number of hydrogen-bond acceptors (Lipinski definition) is 4. The standard InChI is InChI=1S/C18H13ClN4OS/c1-23-15(11-6-8-12(19)9-7-11)10-25-18(23)22-21-16-13-4-2-3-5-14(13)20-17(16)24/h2-10H,1H3,(H,20,21,24)/b22-18-. The number of anilines is 1. The highest BCUT2D eigenvalue weighted by atomic mass is 35.5. The zero-order valence-electron chi connectivity index (χ0n) is 13.2. The molecule has 0 fully saturated rings. The second kappa shape index (κ2) is 6.31. The molecule has 1 aliphatic rings. The maximum absolute atomic E-state index is 12.1. The Bertz CT molecular complexity index is 1060. The third-order valence-corrected chi connectivity index (χ3v) is 5.10. The molecule has 1 N–H and O–H groups in total. The second-order valence-corrected chi connectivity index (χ2v) is 6.79. The van der Waals surface area contributed by atoms with Gasteiger partial charge in [0.25, 0.3) is 5.91 Å². The van der Waals surface area contributed by atoms with E-state index in [1.54, 1.807) is 0 Å². The number of thiazole rings is 1. The Balaban J connectivity index is 1.74. The van der Waals surface area contributed by atoms with E-state index < -0.39 is 0 Å². The van der Waals surface area contributed by atoms with Gasteiger partial charge in [-0.05, 0) is 23.8 Å². The van der Waals surface area contributed by atoms with E-state index in [0.717, 1.165) is 22.5 Å². The summed E-state index contributed by atoms with van der Waals surface area (Å²) in [6, 6.07) is 15.1. The average molecular weight is 369 g/mol. The molecule has 0 spiro atoms. The number of carbonyl (C=O) groups excluding carboxylic acids is 1. The molecule has 5 nitrogen and oxygen atoms in total. The molecule has 2 heterocycles. The lowest BCUT2D eigenvalue weighted by Crippen LogP contribution is -2.15. The molecule has 0 atom stereocenters. The molecule has 1 amide bonds. The molecule has 0 bridgehead atoms. The van der Waals surface area contributed by atoms with Crippen LogP contribution in [-0.2, 0) is 11.8 Å². The van der Waals surface area contributed by atoms with Crippen LogP contribution in [0.4, 0.5) is 5.69 Å². The largest absolute Gasteiger partial charge is 0.320 e. The smallest absolute Gasteiger partial charge is 0.276 e. The van der Waals surface area contributed by atoms with Crippen molar-refractivity contribution in [3.8, 4) is 11.3 Å². The first kappa shape index (κ1) is 15.8. The quantitative estimate of drug-likeness (QED) is 0.689. The van der Waals surface area contributed by atoms with Gasteiger partial charge < -0.3 is 9.88 Å². The van der Waals surface area contributed by atoms with Crippen molar-refractivity contribution >= 4 is 40.2 Å². The first-order valence-corrected chi connectivity index (χ1v) is 8.82. The van der Waals surface area contributed by atoms with Crippen molar-refractivity contribution in [3.05, 3.63) is 69.3 Å². The van der Waals surface area contributed by atoms with Gasteiger partial charge in [0.2, 0.25) is 4.80 Å². The summed E-state index contributed by atoms with van der Waals surface area (Å²) < 4.78 is 1.94. The number of fused-ring (bicyclic) bond motifs is 1. The zero-order chi connectivity index (χ0) is 17.4. The number of amides is 1. The van der Waals surface area contributed by atoms with E-state index in [1.165, 1.54) is 11.3 Å². The Morgan fingerprint density at radius 1 is 1.08 bits per heavy atom. The Hall–Kier alpha value is -2.70. The van der Waals surface area contributed by atoms with Crippen molar-refractivity contribution in [1.29, 1.82) is 0 Å². The van der Waals surface area contributed by atoms with Crippen LogP contribution in [0, 0.1) is 0 Å². The van der Waals surface area contributed by atoms with E-state index in [-0.39, 0.29) is 5.91 Å². The fourth-order valence-electron chi connectivity index (χ4n) is 2.64. The highest BCUT2D eigenvalue weighted by molar-refractivity contribution is 7.07. The van der Waals surface area contributed by atoms with Gasteiger partial charge >= 0.3 is 0 Å². The molecule has 1 aliphatic heterocycles. The van der Waals surface area contributed by atoms with E-state index >= 15 is 0 Å². The van der Waals surface area contributed by atoms with E-state index in [9.17, 15) is 4.79 Å². The molecule has 3 aromatic rings. The van der Waals surface area contributed by atoms with Crippen LogP contribution in [0.1, 0.15) is 5.56 Å². The van der Waals surface area contributed by atoms with E-state index in [2.05, 4.69) is 15.5 Å². The normalized spacial score (nSPS) is 15.5. The number of hydrogen-bond donors (Lipinski definition) is 1. The molecular weight excluding hydrogens is 356 g/mol. The van der Waals surface area contributed by atoms with E-state index in [1.807, 2.05) is 65.5 Å². The lowest BCUT2D eigenvalue weighted by atomic mass is 10.1. The van der Waals surface area contributed by atoms with Gasteiger partial charge in [-0.3, -0.25) is 4.79 Å². The van der Waals surface area contributed by atoms with E-state index in [4.69, 9.17) is 11.6 Å². The average Bonchev–Trinajstić information content (AvgIpc) is 3.13. The number of aromatic nitrogens is 1. The molecular formula is C18H13ClN4OS. The second-order valence-electron chi connectivity index (χ2n) is 5.52. The summed E-state index contributed by atoms with van der Waals surface area (Å²) in [6.07, 6.45) is 0. The highest BCUT2D eigenvalue weighted by Crippen LogP contribution is 2.23. The van der Waals surface area contributed by atoms with Crippen LogP contribution in [0.25, 0.3) is 11.3 Å². The van der Waals surface area contributed by atoms with Crippen molar-refractivity contribution in [2.75, 3.05) is 5.32 Å². The van der Waals surface area contributed by atoms with Crippen LogP contribution in [0.15, 0.2) is 64.1 Å². The van der Waals surface area contributed by atoms with Gasteiger partial charge in [-0.1, -0.05) is 41.9 Å². The molecule has 0 saturated carbocycles. The molecule has 0 aliphatic carbocycles. The number of carbonyl (C=O) groups is 1. The number of para-hydroxylation sites is 1. The Kier molecular flexibility index (Phi) is 3.99. The van der Waals surface area contributed by atoms with Crippen molar-refractivity contribution in [2.24, 2.45) is 17.3 Å². The first-order valence-electron chi connectivity index (χ1n) is 7.56. The molecule has 124 valence electrons. The summed E-state index contributed by atoms with van der Waals surface area (Å²) in [5, 5.41) is 14.0. The maximum Gasteiger partial charge on any atom is 0.276 e. The Morgan fingerprint density at radius 3 is 2.64 bits per heavy atom. The summed E-state index contributed by atoms with van der Waals surface area (Å²) in [5.41, 5.74) is 3.92. The predicted octanol–water partition coefficient (Wildman–Crippen LogP) is 3.66. The van der Waals surface area contributed by atoms with Crippen molar-refractivity contribution in [2.45, 2.75) is 0 Å². The molecule has 1 aromatic heterocycles. The Labute approximate surface area is 152 Å². The van der Waals surface area contributed by atoms with Crippen molar-refractivity contribution < 1.29 is 4.79 Å². The molecule has 7 heteroatoms. The van der Waals surface area contributed by atoms with Crippen molar-refractivity contribution in [3.63, 3.8) is 0 Å². The van der Waals surface area contributed by atoms with Crippen LogP contribution in [0.2, 0.25) is 5.02 Å². The van der Waals surface area contributed by atoms with Gasteiger partial charge in [0, 0.05) is 23.0 Å². The number of nitrogens with zero attached hydrogens (tertiary/aromatic N) is 3. The molecule has 25 heavy (non-hydrogen) atoms. The molecule has 4 rings (SSSR count). The van der Waals surface area contributed by atoms with Crippen molar-refractivity contribution in [1.82, 2.24) is 4.57 Å². The highest BCUT2D eigenvalue weighted by Gasteiger charge is 2.25. The van der Waals surface area contributed by atoms with Gasteiger partial charge in [0.15, 0.2) is 5.71 Å². The lowest BCUT2D eigenvalue weighted by molar-refractivity contribution is -0.110. The monoisotopic (exact) mass is 368 g/mol. The van der Waals surface area contributed by atoms with Gasteiger partial charge in [0.05, 0.1) is 11.4 Å². The van der Waals surface area contributed by atoms with Crippen LogP contribution in [-0.4, -0.2) is 16.2 Å². The molecule has 2 aromatic carbocycles. The van der Waals surface area contributed by atoms with Gasteiger partial charge in [-0.2, -0.15) is 0 Å². The number of halogens is 1. The summed E-state index contributed by atoms with van der Waals surface area (Å²) in [6.45, 7) is 0. The fourth-order valence-corrected chi connectivity index (χ4v) is 3.62. The molecule has 0 saturated heterocycles. The summed E-state index contributed by atoms with van der Waals surface area (Å²) in [5.74, 6) is -0.234. The van der Waals surface area contributed by atoms with Crippen LogP contribution in [0.3, 0.4) is 0 Å². The minimum Gasteiger partial charge on any atom is -0.320 e. The number of rotatable bonds is 2. The predicted molar refractivity (Wildman–Crippen MR) is 101 cm³/mol. The topological polar surface area (TPSA) is 58.8 Å². The molecule has 0 unspecified atom stereocenters. The van der Waals surface area contributed by atoms with Crippen LogP contribution in [0.5, 0.6) is 0 Å². The first-order chi connectivity index (χ1) is 12.1.